The summed E-state index contributed by atoms with van der Waals surface area (Å²) in [6, 6.07) is 22.9. The van der Waals surface area contributed by atoms with Gasteiger partial charge in [0.2, 0.25) is 0 Å². The van der Waals surface area contributed by atoms with E-state index in [4.69, 9.17) is 0 Å². The predicted molar refractivity (Wildman–Crippen MR) is 169 cm³/mol. The van der Waals surface area contributed by atoms with Crippen molar-refractivity contribution in [1.29, 1.82) is 0 Å². The highest BCUT2D eigenvalue weighted by atomic mass is 79.9. The highest BCUT2D eigenvalue weighted by Crippen LogP contribution is 2.39. The molecule has 4 rings (SSSR count). The Labute approximate surface area is 247 Å². The summed E-state index contributed by atoms with van der Waals surface area (Å²) in [5.41, 5.74) is 8.70. The molecule has 4 aromatic rings. The standard InChI is InChI=1S/C33H32Br2N2O2/c1-19-20(2)27(31(38)36-24-11-7-22(34)8-12-24)16-15-26(19)29-18-17-28(21(3)30(29)33(4,5)6)32(39)37-25-13-9-23(35)10-14-25/h7-18H,1-6H3,(H,36,38)(H,37,39). The third-order valence-electron chi connectivity index (χ3n) is 6.99. The zero-order valence-corrected chi connectivity index (χ0v) is 26.2. The van der Waals surface area contributed by atoms with E-state index < -0.39 is 0 Å². The summed E-state index contributed by atoms with van der Waals surface area (Å²) in [6.45, 7) is 12.5. The number of halogens is 2. The minimum absolute atomic E-state index is 0.139. The molecule has 4 nitrogen and oxygen atoms in total. The van der Waals surface area contributed by atoms with Crippen LogP contribution >= 0.6 is 31.9 Å². The zero-order valence-electron chi connectivity index (χ0n) is 23.0. The molecule has 2 N–H and O–H groups in total. The number of carbonyl (C=O) groups is 2. The molecule has 0 atom stereocenters. The van der Waals surface area contributed by atoms with Crippen molar-refractivity contribution in [2.75, 3.05) is 10.6 Å². The lowest BCUT2D eigenvalue weighted by Gasteiger charge is -2.28. The zero-order chi connectivity index (χ0) is 28.5. The topological polar surface area (TPSA) is 58.2 Å². The van der Waals surface area contributed by atoms with Crippen molar-refractivity contribution >= 4 is 55.0 Å². The molecule has 39 heavy (non-hydrogen) atoms. The molecule has 0 aliphatic rings. The Bertz CT molecular complexity index is 1550. The van der Waals surface area contributed by atoms with Crippen molar-refractivity contribution in [2.24, 2.45) is 0 Å². The number of anilines is 2. The van der Waals surface area contributed by atoms with Crippen LogP contribution in [0.15, 0.2) is 81.7 Å². The second-order valence-corrected chi connectivity index (χ2v) is 12.6. The minimum Gasteiger partial charge on any atom is -0.322 e. The quantitative estimate of drug-likeness (QED) is 0.227. The van der Waals surface area contributed by atoms with E-state index in [1.807, 2.05) is 86.6 Å². The van der Waals surface area contributed by atoms with Crippen LogP contribution in [0.2, 0.25) is 0 Å². The van der Waals surface area contributed by atoms with Crippen LogP contribution < -0.4 is 10.6 Å². The Kier molecular flexibility index (Phi) is 8.48. The van der Waals surface area contributed by atoms with Crippen LogP contribution in [0.25, 0.3) is 11.1 Å². The van der Waals surface area contributed by atoms with Crippen LogP contribution in [0.4, 0.5) is 11.4 Å². The first kappa shape index (κ1) is 28.8. The largest absolute Gasteiger partial charge is 0.322 e. The fourth-order valence-electron chi connectivity index (χ4n) is 4.97. The van der Waals surface area contributed by atoms with Crippen molar-refractivity contribution in [3.8, 4) is 11.1 Å². The fourth-order valence-corrected chi connectivity index (χ4v) is 5.50. The number of benzene rings is 4. The first-order chi connectivity index (χ1) is 18.4. The van der Waals surface area contributed by atoms with Gasteiger partial charge in [0, 0.05) is 31.4 Å². The second-order valence-electron chi connectivity index (χ2n) is 10.7. The molecule has 0 aromatic heterocycles. The predicted octanol–water partition coefficient (Wildman–Crippen LogP) is 9.61. The van der Waals surface area contributed by atoms with Crippen molar-refractivity contribution in [3.63, 3.8) is 0 Å². The van der Waals surface area contributed by atoms with Crippen molar-refractivity contribution in [1.82, 2.24) is 0 Å². The van der Waals surface area contributed by atoms with Crippen LogP contribution in [-0.4, -0.2) is 11.8 Å². The van der Waals surface area contributed by atoms with Crippen molar-refractivity contribution in [3.05, 3.63) is 115 Å². The molecular formula is C33H32Br2N2O2. The van der Waals surface area contributed by atoms with Gasteiger partial charge in [-0.25, -0.2) is 0 Å². The molecule has 6 heteroatoms. The van der Waals surface area contributed by atoms with E-state index in [2.05, 4.69) is 70.2 Å². The smallest absolute Gasteiger partial charge is 0.255 e. The molecule has 0 unspecified atom stereocenters. The van der Waals surface area contributed by atoms with E-state index in [9.17, 15) is 9.59 Å². The Morgan fingerprint density at radius 3 is 1.41 bits per heavy atom. The second kappa shape index (κ2) is 11.5. The summed E-state index contributed by atoms with van der Waals surface area (Å²) in [5, 5.41) is 6.01. The van der Waals surface area contributed by atoms with Gasteiger partial charge in [-0.3, -0.25) is 9.59 Å². The van der Waals surface area contributed by atoms with Crippen LogP contribution in [-0.2, 0) is 5.41 Å². The van der Waals surface area contributed by atoms with Crippen molar-refractivity contribution < 1.29 is 9.59 Å². The lowest BCUT2D eigenvalue weighted by molar-refractivity contribution is 0.101. The first-order valence-corrected chi connectivity index (χ1v) is 14.3. The molecule has 0 heterocycles. The molecule has 0 fully saturated rings. The van der Waals surface area contributed by atoms with E-state index >= 15 is 0 Å². The monoisotopic (exact) mass is 646 g/mol. The van der Waals surface area contributed by atoms with Crippen LogP contribution in [0.5, 0.6) is 0 Å². The summed E-state index contributed by atoms with van der Waals surface area (Å²) in [6.07, 6.45) is 0. The van der Waals surface area contributed by atoms with Gasteiger partial charge in [-0.15, -0.1) is 0 Å². The maximum Gasteiger partial charge on any atom is 0.255 e. The summed E-state index contributed by atoms with van der Waals surface area (Å²) in [4.78, 5) is 26.4. The van der Waals surface area contributed by atoms with Gasteiger partial charge in [0.15, 0.2) is 0 Å². The maximum atomic E-state index is 13.3. The third kappa shape index (κ3) is 6.34. The first-order valence-electron chi connectivity index (χ1n) is 12.8. The molecule has 0 saturated carbocycles. The lowest BCUT2D eigenvalue weighted by atomic mass is 9.76. The molecule has 0 aliphatic heterocycles. The molecule has 0 saturated heterocycles. The van der Waals surface area contributed by atoms with Crippen LogP contribution in [0, 0.1) is 20.8 Å². The molecule has 0 aliphatic carbocycles. The molecule has 4 aromatic carbocycles. The van der Waals surface area contributed by atoms with Gasteiger partial charge < -0.3 is 10.6 Å². The summed E-state index contributed by atoms with van der Waals surface area (Å²) >= 11 is 6.86. The molecule has 0 spiro atoms. The van der Waals surface area contributed by atoms with E-state index in [-0.39, 0.29) is 17.2 Å². The summed E-state index contributed by atoms with van der Waals surface area (Å²) < 4.78 is 1.91. The average molecular weight is 648 g/mol. The number of rotatable bonds is 5. The third-order valence-corrected chi connectivity index (χ3v) is 8.04. The Hall–Kier alpha value is -3.22. The van der Waals surface area contributed by atoms with E-state index in [1.165, 1.54) is 0 Å². The summed E-state index contributed by atoms with van der Waals surface area (Å²) in [5.74, 6) is -0.281. The molecule has 2 amide bonds. The number of carbonyl (C=O) groups excluding carboxylic acids is 2. The van der Waals surface area contributed by atoms with Gasteiger partial charge >= 0.3 is 0 Å². The molecule has 200 valence electrons. The normalized spacial score (nSPS) is 11.3. The number of nitrogens with one attached hydrogen (secondary N) is 2. The molecule has 0 bridgehead atoms. The van der Waals surface area contributed by atoms with Crippen molar-refractivity contribution in [2.45, 2.75) is 47.0 Å². The molecule has 0 radical (unpaired) electrons. The van der Waals surface area contributed by atoms with E-state index in [1.54, 1.807) is 0 Å². The summed E-state index contributed by atoms with van der Waals surface area (Å²) in [7, 11) is 0. The van der Waals surface area contributed by atoms with Crippen LogP contribution in [0.1, 0.15) is 63.7 Å². The average Bonchev–Trinajstić information content (AvgIpc) is 2.87. The van der Waals surface area contributed by atoms with E-state index in [0.29, 0.717) is 11.1 Å². The Morgan fingerprint density at radius 2 is 0.974 bits per heavy atom. The van der Waals surface area contributed by atoms with Gasteiger partial charge in [0.1, 0.15) is 0 Å². The van der Waals surface area contributed by atoms with E-state index in [0.717, 1.165) is 53.7 Å². The van der Waals surface area contributed by atoms with Gasteiger partial charge in [-0.2, -0.15) is 0 Å². The SMILES string of the molecule is Cc1c(C(=O)Nc2ccc(Br)cc2)ccc(-c2ccc(C(=O)Nc3ccc(Br)cc3)c(C)c2C(C)(C)C)c1C. The van der Waals surface area contributed by atoms with Gasteiger partial charge in [-0.1, -0.05) is 64.8 Å². The molecular weight excluding hydrogens is 616 g/mol. The number of hydrogen-bond acceptors (Lipinski definition) is 2. The Balaban J connectivity index is 1.72. The Morgan fingerprint density at radius 1 is 0.564 bits per heavy atom. The lowest BCUT2D eigenvalue weighted by Crippen LogP contribution is -2.20. The minimum atomic E-state index is -0.217. The highest BCUT2D eigenvalue weighted by molar-refractivity contribution is 9.10. The van der Waals surface area contributed by atoms with Crippen LogP contribution in [0.3, 0.4) is 0 Å². The highest BCUT2D eigenvalue weighted by Gasteiger charge is 2.26. The van der Waals surface area contributed by atoms with Gasteiger partial charge in [0.25, 0.3) is 11.8 Å². The fraction of sp³-hybridized carbons (Fsp3) is 0.212. The number of hydrogen-bond donors (Lipinski definition) is 2. The van der Waals surface area contributed by atoms with Gasteiger partial charge in [-0.05, 0) is 120 Å². The maximum absolute atomic E-state index is 13.3. The van der Waals surface area contributed by atoms with Gasteiger partial charge in [0.05, 0.1) is 0 Å². The number of amides is 2.